The van der Waals surface area contributed by atoms with E-state index in [-0.39, 0.29) is 25.0 Å². The summed E-state index contributed by atoms with van der Waals surface area (Å²) in [5, 5.41) is 3.65. The lowest BCUT2D eigenvalue weighted by Crippen LogP contribution is -2.32. The van der Waals surface area contributed by atoms with Gasteiger partial charge in [0.15, 0.2) is 11.8 Å². The minimum atomic E-state index is -0.406. The molecule has 0 radical (unpaired) electrons. The van der Waals surface area contributed by atoms with Crippen molar-refractivity contribution in [1.82, 2.24) is 15.3 Å². The van der Waals surface area contributed by atoms with Gasteiger partial charge >= 0.3 is 5.97 Å². The molecule has 0 aliphatic carbocycles. The topological polar surface area (TPSA) is 81.2 Å². The Labute approximate surface area is 176 Å². The van der Waals surface area contributed by atoms with E-state index in [9.17, 15) is 9.59 Å². The summed E-state index contributed by atoms with van der Waals surface area (Å²) in [5.74, 6) is -0.706. The van der Waals surface area contributed by atoms with Crippen LogP contribution in [-0.4, -0.2) is 34.7 Å². The second-order valence-corrected chi connectivity index (χ2v) is 7.73. The van der Waals surface area contributed by atoms with Gasteiger partial charge in [-0.15, -0.1) is 0 Å². The molecule has 7 heteroatoms. The van der Waals surface area contributed by atoms with Crippen molar-refractivity contribution in [1.29, 1.82) is 0 Å². The van der Waals surface area contributed by atoms with Gasteiger partial charge in [-0.05, 0) is 51.0 Å². The van der Waals surface area contributed by atoms with Gasteiger partial charge in [0.1, 0.15) is 0 Å². The average Bonchev–Trinajstić information content (AvgIpc) is 2.70. The Hall–Kier alpha value is -2.41. The van der Waals surface area contributed by atoms with Crippen LogP contribution in [0.1, 0.15) is 53.9 Å². The number of ether oxygens (including phenoxy) is 1. The minimum Gasteiger partial charge on any atom is -0.456 e. The molecule has 0 spiro atoms. The van der Waals surface area contributed by atoms with Gasteiger partial charge in [0.25, 0.3) is 5.91 Å². The number of benzene rings is 1. The highest BCUT2D eigenvalue weighted by Gasteiger charge is 2.15. The lowest BCUT2D eigenvalue weighted by molar-refractivity contribution is -0.148. The average molecular weight is 416 g/mol. The zero-order chi connectivity index (χ0) is 21.4. The summed E-state index contributed by atoms with van der Waals surface area (Å²) in [6, 6.07) is 7.95. The zero-order valence-electron chi connectivity index (χ0n) is 17.7. The predicted molar refractivity (Wildman–Crippen MR) is 115 cm³/mol. The SMILES string of the molecule is CC[C@H](NC(=O)COC(=O)CCc1c(C)nc(SC)nc1C)c1ccc(C)cc1. The molecule has 0 aliphatic heterocycles. The molecule has 1 aromatic carbocycles. The van der Waals surface area contributed by atoms with Crippen molar-refractivity contribution < 1.29 is 14.3 Å². The van der Waals surface area contributed by atoms with Crippen LogP contribution in [0.5, 0.6) is 0 Å². The van der Waals surface area contributed by atoms with Crippen LogP contribution in [0.3, 0.4) is 0 Å². The maximum atomic E-state index is 12.2. The number of carbonyl (C=O) groups excluding carboxylic acids is 2. The normalized spacial score (nSPS) is 11.8. The number of aromatic nitrogens is 2. The van der Waals surface area contributed by atoms with Crippen molar-refractivity contribution in [2.75, 3.05) is 12.9 Å². The lowest BCUT2D eigenvalue weighted by atomic mass is 10.0. The van der Waals surface area contributed by atoms with E-state index in [1.54, 1.807) is 0 Å². The van der Waals surface area contributed by atoms with Crippen LogP contribution < -0.4 is 5.32 Å². The smallest absolute Gasteiger partial charge is 0.306 e. The number of carbonyl (C=O) groups is 2. The highest BCUT2D eigenvalue weighted by atomic mass is 32.2. The molecule has 1 atom stereocenters. The minimum absolute atomic E-state index is 0.0980. The Morgan fingerprint density at radius 2 is 1.72 bits per heavy atom. The van der Waals surface area contributed by atoms with Crippen molar-refractivity contribution in [2.45, 2.75) is 58.2 Å². The Bertz CT molecular complexity index is 830. The van der Waals surface area contributed by atoms with E-state index in [2.05, 4.69) is 15.3 Å². The first-order valence-electron chi connectivity index (χ1n) is 9.73. The maximum absolute atomic E-state index is 12.2. The summed E-state index contributed by atoms with van der Waals surface area (Å²) in [6.07, 6.45) is 3.37. The Balaban J connectivity index is 1.82. The Morgan fingerprint density at radius 1 is 1.10 bits per heavy atom. The fraction of sp³-hybridized carbons (Fsp3) is 0.455. The van der Waals surface area contributed by atoms with Crippen molar-refractivity contribution >= 4 is 23.6 Å². The second-order valence-electron chi connectivity index (χ2n) is 6.96. The molecule has 29 heavy (non-hydrogen) atoms. The van der Waals surface area contributed by atoms with Crippen LogP contribution >= 0.6 is 11.8 Å². The highest BCUT2D eigenvalue weighted by Crippen LogP contribution is 2.18. The first kappa shape index (κ1) is 22.9. The molecular formula is C22H29N3O3S. The van der Waals surface area contributed by atoms with Crippen LogP contribution in [-0.2, 0) is 20.7 Å². The van der Waals surface area contributed by atoms with Crippen LogP contribution in [0.15, 0.2) is 29.4 Å². The van der Waals surface area contributed by atoms with E-state index in [4.69, 9.17) is 4.74 Å². The fourth-order valence-electron chi connectivity index (χ4n) is 3.06. The van der Waals surface area contributed by atoms with Crippen molar-refractivity contribution in [3.63, 3.8) is 0 Å². The van der Waals surface area contributed by atoms with E-state index in [0.717, 1.165) is 34.1 Å². The molecule has 1 amide bonds. The van der Waals surface area contributed by atoms with Crippen molar-refractivity contribution in [3.05, 3.63) is 52.3 Å². The van der Waals surface area contributed by atoms with Crippen molar-refractivity contribution in [3.8, 4) is 0 Å². The summed E-state index contributed by atoms with van der Waals surface area (Å²) in [5.41, 5.74) is 4.91. The van der Waals surface area contributed by atoms with E-state index in [1.807, 2.05) is 58.2 Å². The van der Waals surface area contributed by atoms with Gasteiger partial charge in [-0.2, -0.15) is 0 Å². The molecular weight excluding hydrogens is 386 g/mol. The number of rotatable bonds is 9. The summed E-state index contributed by atoms with van der Waals surface area (Å²) in [4.78, 5) is 33.1. The number of amides is 1. The lowest BCUT2D eigenvalue weighted by Gasteiger charge is -2.17. The number of thioether (sulfide) groups is 1. The van der Waals surface area contributed by atoms with Gasteiger partial charge in [-0.25, -0.2) is 9.97 Å². The standard InChI is InChI=1S/C22H29N3O3S/c1-6-19(17-9-7-14(2)8-10-17)25-20(26)13-28-21(27)12-11-18-15(3)23-22(29-5)24-16(18)4/h7-10,19H,6,11-13H2,1-5H3,(H,25,26)/t19-/m0/s1. The van der Waals surface area contributed by atoms with Gasteiger partial charge in [0, 0.05) is 17.8 Å². The maximum Gasteiger partial charge on any atom is 0.306 e. The number of nitrogens with zero attached hydrogens (tertiary/aromatic N) is 2. The van der Waals surface area contributed by atoms with Crippen LogP contribution in [0, 0.1) is 20.8 Å². The van der Waals surface area contributed by atoms with Gasteiger partial charge in [0.05, 0.1) is 6.04 Å². The molecule has 0 fully saturated rings. The molecule has 0 bridgehead atoms. The Kier molecular flexibility index (Phi) is 8.64. The first-order chi connectivity index (χ1) is 13.8. The summed E-state index contributed by atoms with van der Waals surface area (Å²) in [6.45, 7) is 7.58. The molecule has 0 saturated heterocycles. The number of esters is 1. The van der Waals surface area contributed by atoms with Crippen LogP contribution in [0.4, 0.5) is 0 Å². The highest BCUT2D eigenvalue weighted by molar-refractivity contribution is 7.98. The predicted octanol–water partition coefficient (Wildman–Crippen LogP) is 3.87. The monoisotopic (exact) mass is 415 g/mol. The third-order valence-corrected chi connectivity index (χ3v) is 5.30. The first-order valence-corrected chi connectivity index (χ1v) is 11.0. The molecule has 2 aromatic rings. The third kappa shape index (κ3) is 6.85. The second kappa shape index (κ2) is 11.0. The van der Waals surface area contributed by atoms with Gasteiger partial charge < -0.3 is 10.1 Å². The summed E-state index contributed by atoms with van der Waals surface area (Å²) >= 11 is 1.49. The molecule has 6 nitrogen and oxygen atoms in total. The molecule has 156 valence electrons. The summed E-state index contributed by atoms with van der Waals surface area (Å²) < 4.78 is 5.15. The van der Waals surface area contributed by atoms with E-state index < -0.39 is 5.97 Å². The molecule has 0 saturated carbocycles. The van der Waals surface area contributed by atoms with E-state index >= 15 is 0 Å². The molecule has 1 aromatic heterocycles. The quantitative estimate of drug-likeness (QED) is 0.380. The molecule has 0 aliphatic rings. The van der Waals surface area contributed by atoms with E-state index in [1.165, 1.54) is 17.3 Å². The van der Waals surface area contributed by atoms with Gasteiger partial charge in [-0.3, -0.25) is 9.59 Å². The number of hydrogen-bond acceptors (Lipinski definition) is 6. The molecule has 2 rings (SSSR count). The number of nitrogens with one attached hydrogen (secondary N) is 1. The number of hydrogen-bond donors (Lipinski definition) is 1. The van der Waals surface area contributed by atoms with Crippen LogP contribution in [0.25, 0.3) is 0 Å². The Morgan fingerprint density at radius 3 is 2.28 bits per heavy atom. The van der Waals surface area contributed by atoms with E-state index in [0.29, 0.717) is 6.42 Å². The zero-order valence-corrected chi connectivity index (χ0v) is 18.6. The molecule has 1 heterocycles. The summed E-state index contributed by atoms with van der Waals surface area (Å²) in [7, 11) is 0. The largest absolute Gasteiger partial charge is 0.456 e. The molecule has 1 N–H and O–H groups in total. The van der Waals surface area contributed by atoms with Gasteiger partial charge in [-0.1, -0.05) is 48.5 Å². The van der Waals surface area contributed by atoms with Crippen molar-refractivity contribution in [2.24, 2.45) is 0 Å². The molecule has 0 unspecified atom stereocenters. The number of aryl methyl sites for hydroxylation is 3. The van der Waals surface area contributed by atoms with Crippen LogP contribution in [0.2, 0.25) is 0 Å². The third-order valence-electron chi connectivity index (χ3n) is 4.75. The fourth-order valence-corrected chi connectivity index (χ4v) is 3.52. The van der Waals surface area contributed by atoms with Gasteiger partial charge in [0.2, 0.25) is 0 Å².